The zero-order valence-corrected chi connectivity index (χ0v) is 30.1. The number of fused-ring (bicyclic) bond motifs is 2. The lowest BCUT2D eigenvalue weighted by Gasteiger charge is -2.31. The number of benzene rings is 2. The molecule has 3 heterocycles. The Morgan fingerprint density at radius 3 is 2.52 bits per heavy atom. The fourth-order valence-electron chi connectivity index (χ4n) is 6.00. The number of ether oxygens (including phenoxy) is 6. The van der Waals surface area contributed by atoms with Gasteiger partial charge in [-0.2, -0.15) is 4.31 Å². The maximum atomic E-state index is 13.9. The van der Waals surface area contributed by atoms with Crippen molar-refractivity contribution in [3.05, 3.63) is 48.0 Å². The van der Waals surface area contributed by atoms with E-state index in [0.29, 0.717) is 56.3 Å². The Hall–Kier alpha value is -3.19. The molecule has 0 aliphatic carbocycles. The molecule has 17 heteroatoms. The summed E-state index contributed by atoms with van der Waals surface area (Å²) in [6, 6.07) is 10.6. The highest BCUT2D eigenvalue weighted by molar-refractivity contribution is 7.89. The van der Waals surface area contributed by atoms with Crippen LogP contribution in [0.2, 0.25) is 0 Å². The molecule has 0 bridgehead atoms. The Kier molecular flexibility index (Phi) is 12.8. The van der Waals surface area contributed by atoms with E-state index in [-0.39, 0.29) is 49.6 Å². The molecule has 0 aromatic heterocycles. The molecule has 2 fully saturated rings. The third-order valence-electron chi connectivity index (χ3n) is 8.54. The average molecular weight is 742 g/mol. The molecule has 5 atom stereocenters. The quantitative estimate of drug-likeness (QED) is 0.190. The van der Waals surface area contributed by atoms with Gasteiger partial charge in [0.1, 0.15) is 11.9 Å². The lowest BCUT2D eigenvalue weighted by Crippen LogP contribution is -2.51. The minimum Gasteiger partial charge on any atom is -0.494 e. The first kappa shape index (κ1) is 38.1. The highest BCUT2D eigenvalue weighted by Crippen LogP contribution is 2.35. The van der Waals surface area contributed by atoms with Gasteiger partial charge in [-0.3, -0.25) is 0 Å². The third-order valence-corrected chi connectivity index (χ3v) is 11.1. The van der Waals surface area contributed by atoms with Crippen molar-refractivity contribution in [3.8, 4) is 17.2 Å². The Labute approximate surface area is 293 Å². The van der Waals surface area contributed by atoms with Crippen LogP contribution < -0.4 is 24.2 Å². The maximum absolute atomic E-state index is 13.9. The molecule has 0 saturated carbocycles. The molecule has 0 unspecified atom stereocenters. The molecule has 1 amide bonds. The highest BCUT2D eigenvalue weighted by atomic mass is 32.2. The van der Waals surface area contributed by atoms with Crippen LogP contribution in [0, 0.1) is 11.8 Å². The van der Waals surface area contributed by atoms with Gasteiger partial charge < -0.3 is 38.8 Å². The molecule has 3 N–H and O–H groups in total. The number of carbonyl (C=O) groups excluding carboxylic acids is 1. The van der Waals surface area contributed by atoms with Crippen molar-refractivity contribution in [1.82, 2.24) is 14.3 Å². The maximum Gasteiger partial charge on any atom is 0.407 e. The van der Waals surface area contributed by atoms with E-state index in [1.807, 2.05) is 13.8 Å². The average Bonchev–Trinajstić information content (AvgIpc) is 3.81. The molecule has 2 saturated heterocycles. The third kappa shape index (κ3) is 10.4. The number of unbranched alkanes of at least 4 members (excludes halogenated alkanes) is 1. The summed E-state index contributed by atoms with van der Waals surface area (Å²) in [4.78, 5) is 13.2. The van der Waals surface area contributed by atoms with Crippen LogP contribution in [-0.4, -0.2) is 109 Å². The Balaban J connectivity index is 1.27. The van der Waals surface area contributed by atoms with Gasteiger partial charge in [-0.25, -0.2) is 26.4 Å². The van der Waals surface area contributed by atoms with E-state index in [4.69, 9.17) is 28.4 Å². The zero-order valence-electron chi connectivity index (χ0n) is 28.5. The minimum absolute atomic E-state index is 0.00373. The minimum atomic E-state index is -4.09. The van der Waals surface area contributed by atoms with Crippen molar-refractivity contribution in [2.45, 2.75) is 69.0 Å². The van der Waals surface area contributed by atoms with E-state index in [1.54, 1.807) is 24.3 Å². The van der Waals surface area contributed by atoms with Gasteiger partial charge >= 0.3 is 6.09 Å². The topological polar surface area (TPSA) is 188 Å². The summed E-state index contributed by atoms with van der Waals surface area (Å²) in [6.07, 6.45) is 0.221. The van der Waals surface area contributed by atoms with Crippen molar-refractivity contribution >= 4 is 26.1 Å². The molecule has 0 spiro atoms. The van der Waals surface area contributed by atoms with Gasteiger partial charge in [-0.15, -0.1) is 0 Å². The standard InChI is InChI=1S/C33H47N3O12S2/c1-22(2)18-36(50(41,42)25-10-11-29-30(17-25)47-21-46-29)19-28(37)27(35-33(38)48-31-20-45-32-26(31)12-15-44-32)16-23-6-8-24(9-7-23)43-14-5-4-13-34-49(3,39)40/h6-11,17,22,26-28,31-32,34,37H,4-5,12-16,18-21H2,1-3H3,(H,35,38)/t26-,27-,28+,31-,32+/m0/s1. The molecule has 3 aliphatic rings. The molecule has 50 heavy (non-hydrogen) atoms. The number of nitrogens with zero attached hydrogens (tertiary/aromatic N) is 1. The second-order valence-electron chi connectivity index (χ2n) is 13.1. The van der Waals surface area contributed by atoms with Crippen molar-refractivity contribution in [1.29, 1.82) is 0 Å². The number of aliphatic hydroxyl groups excluding tert-OH is 1. The van der Waals surface area contributed by atoms with Gasteiger partial charge in [0, 0.05) is 25.7 Å². The smallest absolute Gasteiger partial charge is 0.407 e. The molecule has 3 aliphatic heterocycles. The molecule has 2 aromatic carbocycles. The summed E-state index contributed by atoms with van der Waals surface area (Å²) in [6.45, 7) is 4.99. The van der Waals surface area contributed by atoms with Crippen LogP contribution in [0.3, 0.4) is 0 Å². The van der Waals surface area contributed by atoms with E-state index >= 15 is 0 Å². The molecule has 5 rings (SSSR count). The molecule has 2 aromatic rings. The largest absolute Gasteiger partial charge is 0.494 e. The molecular formula is C33H47N3O12S2. The second-order valence-corrected chi connectivity index (χ2v) is 16.9. The molecule has 278 valence electrons. The normalized spacial score (nSPS) is 21.3. The lowest BCUT2D eigenvalue weighted by molar-refractivity contribution is -0.0907. The number of nitrogens with one attached hydrogen (secondary N) is 2. The van der Waals surface area contributed by atoms with Crippen molar-refractivity contribution in [2.24, 2.45) is 11.8 Å². The summed E-state index contributed by atoms with van der Waals surface area (Å²) in [7, 11) is -7.32. The Morgan fingerprint density at radius 2 is 1.78 bits per heavy atom. The molecule has 0 radical (unpaired) electrons. The van der Waals surface area contributed by atoms with Gasteiger partial charge in [-0.1, -0.05) is 26.0 Å². The number of alkyl carbamates (subject to hydrolysis) is 1. The van der Waals surface area contributed by atoms with E-state index in [0.717, 1.165) is 11.8 Å². The first-order valence-corrected chi connectivity index (χ1v) is 20.1. The first-order valence-electron chi connectivity index (χ1n) is 16.7. The highest BCUT2D eigenvalue weighted by Gasteiger charge is 2.44. The fourth-order valence-corrected chi connectivity index (χ4v) is 8.16. The Morgan fingerprint density at radius 1 is 1.02 bits per heavy atom. The van der Waals surface area contributed by atoms with Crippen molar-refractivity contribution < 1.29 is 55.2 Å². The van der Waals surface area contributed by atoms with E-state index in [2.05, 4.69) is 10.0 Å². The number of hydrogen-bond acceptors (Lipinski definition) is 12. The van der Waals surface area contributed by atoms with Crippen molar-refractivity contribution in [3.63, 3.8) is 0 Å². The first-order chi connectivity index (χ1) is 23.8. The van der Waals surface area contributed by atoms with Crippen LogP contribution in [0.15, 0.2) is 47.4 Å². The number of sulfonamides is 2. The van der Waals surface area contributed by atoms with E-state index < -0.39 is 50.7 Å². The zero-order chi connectivity index (χ0) is 35.9. The summed E-state index contributed by atoms with van der Waals surface area (Å²) in [5.74, 6) is 1.21. The van der Waals surface area contributed by atoms with Crippen LogP contribution in [0.25, 0.3) is 0 Å². The van der Waals surface area contributed by atoms with Gasteiger partial charge in [0.15, 0.2) is 17.8 Å². The van der Waals surface area contributed by atoms with Crippen LogP contribution in [0.1, 0.15) is 38.7 Å². The van der Waals surface area contributed by atoms with E-state index in [9.17, 15) is 26.7 Å². The lowest BCUT2D eigenvalue weighted by atomic mass is 10.0. The molecular weight excluding hydrogens is 695 g/mol. The van der Waals surface area contributed by atoms with Crippen LogP contribution in [0.5, 0.6) is 17.2 Å². The fraction of sp³-hybridized carbons (Fsp3) is 0.606. The SMILES string of the molecule is CC(C)CN(C[C@@H](O)[C@H](Cc1ccc(OCCCCNS(C)(=O)=O)cc1)NC(=O)O[C@H]1CO[C@H]2OCC[C@H]21)S(=O)(=O)c1ccc2c(c1)OCO2. The summed E-state index contributed by atoms with van der Waals surface area (Å²) < 4.78 is 87.3. The second kappa shape index (κ2) is 16.9. The van der Waals surface area contributed by atoms with Crippen molar-refractivity contribution in [2.75, 3.05) is 52.5 Å². The van der Waals surface area contributed by atoms with Crippen LogP contribution in [0.4, 0.5) is 4.79 Å². The van der Waals surface area contributed by atoms with Gasteiger partial charge in [0.05, 0.1) is 49.0 Å². The van der Waals surface area contributed by atoms with Crippen LogP contribution in [-0.2, 0) is 40.7 Å². The number of carbonyl (C=O) groups is 1. The monoisotopic (exact) mass is 741 g/mol. The number of amides is 1. The number of rotatable bonds is 18. The summed E-state index contributed by atoms with van der Waals surface area (Å²) in [5, 5.41) is 14.4. The Bertz CT molecular complexity index is 1660. The predicted molar refractivity (Wildman–Crippen MR) is 181 cm³/mol. The number of aliphatic hydroxyl groups is 1. The summed E-state index contributed by atoms with van der Waals surface area (Å²) >= 11 is 0. The van der Waals surface area contributed by atoms with Gasteiger partial charge in [-0.05, 0) is 61.4 Å². The molecule has 15 nitrogen and oxygen atoms in total. The number of hydrogen-bond donors (Lipinski definition) is 3. The van der Waals surface area contributed by atoms with Gasteiger partial charge in [0.25, 0.3) is 0 Å². The van der Waals surface area contributed by atoms with E-state index in [1.165, 1.54) is 22.5 Å². The van der Waals surface area contributed by atoms with Gasteiger partial charge in [0.2, 0.25) is 26.8 Å². The predicted octanol–water partition coefficient (Wildman–Crippen LogP) is 2.23. The summed E-state index contributed by atoms with van der Waals surface area (Å²) in [5.41, 5.74) is 0.751. The van der Waals surface area contributed by atoms with Crippen LogP contribution >= 0.6 is 0 Å².